The van der Waals surface area contributed by atoms with Gasteiger partial charge in [-0.1, -0.05) is 12.1 Å². The number of nitrogens with one attached hydrogen (secondary N) is 1. The number of rotatable bonds is 6. The molecule has 0 aromatic heterocycles. The SMILES string of the molecule is C/C(N)=C(/C=N/C(F)F)c1ccc(NCc2c(F)ccc(F)c2F)cc1. The summed E-state index contributed by atoms with van der Waals surface area (Å²) in [6.45, 7) is -1.56. The molecule has 0 bridgehead atoms. The highest BCUT2D eigenvalue weighted by molar-refractivity contribution is 6.10. The Bertz CT molecular complexity index is 825. The molecule has 8 heteroatoms. The molecule has 0 heterocycles. The molecule has 26 heavy (non-hydrogen) atoms. The first-order chi connectivity index (χ1) is 12.3. The van der Waals surface area contributed by atoms with E-state index in [2.05, 4.69) is 10.3 Å². The zero-order chi connectivity index (χ0) is 19.3. The monoisotopic (exact) mass is 369 g/mol. The molecule has 2 aromatic carbocycles. The second-order valence-corrected chi connectivity index (χ2v) is 5.41. The molecular weight excluding hydrogens is 353 g/mol. The molecule has 2 aromatic rings. The Kier molecular flexibility index (Phi) is 6.32. The lowest BCUT2D eigenvalue weighted by atomic mass is 10.0. The van der Waals surface area contributed by atoms with Crippen LogP contribution in [-0.4, -0.2) is 12.8 Å². The maximum Gasteiger partial charge on any atom is 0.331 e. The normalized spacial score (nSPS) is 12.6. The predicted molar refractivity (Wildman–Crippen MR) is 91.4 cm³/mol. The van der Waals surface area contributed by atoms with Gasteiger partial charge in [-0.2, -0.15) is 8.78 Å². The van der Waals surface area contributed by atoms with Gasteiger partial charge in [0, 0.05) is 35.3 Å². The van der Waals surface area contributed by atoms with E-state index in [0.29, 0.717) is 28.6 Å². The summed E-state index contributed by atoms with van der Waals surface area (Å²) in [7, 11) is 0. The third-order valence-electron chi connectivity index (χ3n) is 3.55. The van der Waals surface area contributed by atoms with Crippen LogP contribution in [0.4, 0.5) is 27.6 Å². The van der Waals surface area contributed by atoms with E-state index < -0.39 is 29.6 Å². The Balaban J connectivity index is 2.15. The number of hydrogen-bond donors (Lipinski definition) is 2. The standard InChI is InChI=1S/C18H16F5N3/c1-10(24)13(8-26-18(22)23)11-2-4-12(5-3-11)25-9-14-15(19)6-7-16(20)17(14)21/h2-8,18,25H,9,24H2,1H3/b13-10+,26-8+. The van der Waals surface area contributed by atoms with Crippen molar-refractivity contribution in [2.24, 2.45) is 10.7 Å². The van der Waals surface area contributed by atoms with Gasteiger partial charge in [-0.25, -0.2) is 18.2 Å². The summed E-state index contributed by atoms with van der Waals surface area (Å²) in [5, 5.41) is 2.77. The zero-order valence-corrected chi connectivity index (χ0v) is 13.7. The first-order valence-corrected chi connectivity index (χ1v) is 7.54. The second-order valence-electron chi connectivity index (χ2n) is 5.41. The molecule has 0 saturated heterocycles. The van der Waals surface area contributed by atoms with Crippen LogP contribution in [0.25, 0.3) is 5.57 Å². The van der Waals surface area contributed by atoms with Gasteiger partial charge >= 0.3 is 6.55 Å². The third kappa shape index (κ3) is 4.81. The lowest BCUT2D eigenvalue weighted by Gasteiger charge is -2.10. The summed E-state index contributed by atoms with van der Waals surface area (Å²) < 4.78 is 64.9. The fraction of sp³-hybridized carbons (Fsp3) is 0.167. The van der Waals surface area contributed by atoms with E-state index in [4.69, 9.17) is 5.73 Å². The quantitative estimate of drug-likeness (QED) is 0.336. The summed E-state index contributed by atoms with van der Waals surface area (Å²) in [4.78, 5) is 3.02. The van der Waals surface area contributed by atoms with Crippen molar-refractivity contribution in [1.29, 1.82) is 0 Å². The van der Waals surface area contributed by atoms with E-state index >= 15 is 0 Å². The minimum Gasteiger partial charge on any atom is -0.402 e. The number of allylic oxidation sites excluding steroid dienone is 2. The van der Waals surface area contributed by atoms with E-state index in [0.717, 1.165) is 12.3 Å². The van der Waals surface area contributed by atoms with Gasteiger partial charge in [-0.15, -0.1) is 0 Å². The van der Waals surface area contributed by atoms with Gasteiger partial charge in [-0.05, 0) is 36.8 Å². The van der Waals surface area contributed by atoms with E-state index in [-0.39, 0.29) is 6.54 Å². The number of nitrogens with zero attached hydrogens (tertiary/aromatic N) is 1. The highest BCUT2D eigenvalue weighted by Gasteiger charge is 2.13. The molecule has 0 amide bonds. The number of halogens is 5. The molecule has 0 aliphatic rings. The molecule has 0 atom stereocenters. The van der Waals surface area contributed by atoms with Crippen LogP contribution in [-0.2, 0) is 6.54 Å². The smallest absolute Gasteiger partial charge is 0.331 e. The average Bonchev–Trinajstić information content (AvgIpc) is 2.59. The topological polar surface area (TPSA) is 50.4 Å². The molecule has 0 saturated carbocycles. The number of nitrogens with two attached hydrogens (primary N) is 1. The second kappa shape index (κ2) is 8.46. The molecule has 0 fully saturated rings. The molecular formula is C18H16F5N3. The fourth-order valence-electron chi connectivity index (χ4n) is 2.22. The summed E-state index contributed by atoms with van der Waals surface area (Å²) in [5.41, 5.74) is 6.94. The van der Waals surface area contributed by atoms with Crippen LogP contribution in [0.5, 0.6) is 0 Å². The highest BCUT2D eigenvalue weighted by Crippen LogP contribution is 2.21. The first kappa shape index (κ1) is 19.4. The molecule has 0 aliphatic carbocycles. The van der Waals surface area contributed by atoms with Gasteiger partial charge < -0.3 is 11.1 Å². The fourth-order valence-corrected chi connectivity index (χ4v) is 2.22. The Morgan fingerprint density at radius 1 is 1.08 bits per heavy atom. The molecule has 3 nitrogen and oxygen atoms in total. The van der Waals surface area contributed by atoms with Crippen molar-refractivity contribution in [3.8, 4) is 0 Å². The highest BCUT2D eigenvalue weighted by atomic mass is 19.3. The summed E-state index contributed by atoms with van der Waals surface area (Å²) in [6.07, 6.45) is 0.986. The molecule has 0 unspecified atom stereocenters. The lowest BCUT2D eigenvalue weighted by molar-refractivity contribution is 0.161. The molecule has 0 spiro atoms. The molecule has 138 valence electrons. The van der Waals surface area contributed by atoms with E-state index in [1.165, 1.54) is 0 Å². The van der Waals surface area contributed by atoms with Crippen LogP contribution in [0.3, 0.4) is 0 Å². The Labute approximate surface area is 147 Å². The first-order valence-electron chi connectivity index (χ1n) is 7.54. The predicted octanol–water partition coefficient (Wildman–Crippen LogP) is 4.70. The van der Waals surface area contributed by atoms with Crippen LogP contribution >= 0.6 is 0 Å². The molecule has 2 rings (SSSR count). The number of hydrogen-bond acceptors (Lipinski definition) is 3. The van der Waals surface area contributed by atoms with E-state index in [9.17, 15) is 22.0 Å². The molecule has 3 N–H and O–H groups in total. The van der Waals surface area contributed by atoms with Crippen molar-refractivity contribution in [1.82, 2.24) is 0 Å². The third-order valence-corrected chi connectivity index (χ3v) is 3.55. The Morgan fingerprint density at radius 2 is 1.69 bits per heavy atom. The summed E-state index contributed by atoms with van der Waals surface area (Å²) in [6, 6.07) is 7.88. The summed E-state index contributed by atoms with van der Waals surface area (Å²) >= 11 is 0. The van der Waals surface area contributed by atoms with Crippen LogP contribution in [0.15, 0.2) is 47.1 Å². The van der Waals surface area contributed by atoms with Crippen molar-refractivity contribution >= 4 is 17.5 Å². The number of benzene rings is 2. The van der Waals surface area contributed by atoms with Gasteiger partial charge in [-0.3, -0.25) is 0 Å². The number of alkyl halides is 2. The number of aliphatic imine (C=N–C) groups is 1. The van der Waals surface area contributed by atoms with Crippen LogP contribution in [0.1, 0.15) is 18.1 Å². The Morgan fingerprint density at radius 3 is 2.27 bits per heavy atom. The van der Waals surface area contributed by atoms with Crippen LogP contribution in [0.2, 0.25) is 0 Å². The minimum absolute atomic E-state index is 0.264. The molecule has 0 aliphatic heterocycles. The van der Waals surface area contributed by atoms with Crippen LogP contribution < -0.4 is 11.1 Å². The van der Waals surface area contributed by atoms with Crippen molar-refractivity contribution in [3.63, 3.8) is 0 Å². The maximum atomic E-state index is 13.6. The van der Waals surface area contributed by atoms with Crippen LogP contribution in [0, 0.1) is 17.5 Å². The zero-order valence-electron chi connectivity index (χ0n) is 13.7. The largest absolute Gasteiger partial charge is 0.402 e. The lowest BCUT2D eigenvalue weighted by Crippen LogP contribution is -2.06. The van der Waals surface area contributed by atoms with Gasteiger partial charge in [0.05, 0.1) is 0 Å². The maximum absolute atomic E-state index is 13.6. The summed E-state index contributed by atoms with van der Waals surface area (Å²) in [5.74, 6) is -3.24. The van der Waals surface area contributed by atoms with Gasteiger partial charge in [0.15, 0.2) is 11.6 Å². The van der Waals surface area contributed by atoms with Gasteiger partial charge in [0.2, 0.25) is 0 Å². The van der Waals surface area contributed by atoms with Gasteiger partial charge in [0.1, 0.15) is 5.82 Å². The van der Waals surface area contributed by atoms with Crippen molar-refractivity contribution in [2.75, 3.05) is 5.32 Å². The van der Waals surface area contributed by atoms with Gasteiger partial charge in [0.25, 0.3) is 0 Å². The van der Waals surface area contributed by atoms with Crippen molar-refractivity contribution < 1.29 is 22.0 Å². The minimum atomic E-state index is -2.85. The van der Waals surface area contributed by atoms with E-state index in [1.807, 2.05) is 0 Å². The Hall–Kier alpha value is -2.90. The number of anilines is 1. The molecule has 0 radical (unpaired) electrons. The average molecular weight is 369 g/mol. The van der Waals surface area contributed by atoms with E-state index in [1.54, 1.807) is 31.2 Å². The van der Waals surface area contributed by atoms with Crippen molar-refractivity contribution in [2.45, 2.75) is 20.0 Å². The van der Waals surface area contributed by atoms with Crippen molar-refractivity contribution in [3.05, 3.63) is 70.7 Å².